The van der Waals surface area contributed by atoms with Crippen LogP contribution in [0.4, 0.5) is 10.5 Å². The van der Waals surface area contributed by atoms with Gasteiger partial charge in [-0.15, -0.1) is 0 Å². The van der Waals surface area contributed by atoms with E-state index >= 15 is 0 Å². The van der Waals surface area contributed by atoms with E-state index in [1.807, 2.05) is 30.3 Å². The Kier molecular flexibility index (Phi) is 7.57. The molecular formula is C22H17Cl3N2O3. The number of rotatable bonds is 6. The molecule has 0 aliphatic heterocycles. The largest absolute Gasteiger partial charge is 0.490 e. The molecule has 0 saturated heterocycles. The zero-order chi connectivity index (χ0) is 21.5. The lowest BCUT2D eigenvalue weighted by Crippen LogP contribution is -2.34. The topological polar surface area (TPSA) is 67.4 Å². The number of ether oxygens (including phenoxy) is 1. The molecule has 0 atom stereocenters. The Hall–Kier alpha value is -2.73. The first-order valence-corrected chi connectivity index (χ1v) is 10.1. The lowest BCUT2D eigenvalue weighted by molar-refractivity contribution is 0.0967. The summed E-state index contributed by atoms with van der Waals surface area (Å²) in [7, 11) is 0. The van der Waals surface area contributed by atoms with Crippen molar-refractivity contribution in [1.29, 1.82) is 0 Å². The average Bonchev–Trinajstić information content (AvgIpc) is 2.71. The highest BCUT2D eigenvalue weighted by Gasteiger charge is 2.15. The minimum Gasteiger partial charge on any atom is -0.490 e. The number of amides is 3. The van der Waals surface area contributed by atoms with E-state index in [9.17, 15) is 9.59 Å². The van der Waals surface area contributed by atoms with Gasteiger partial charge in [0.25, 0.3) is 5.91 Å². The minimum atomic E-state index is -0.746. The number of urea groups is 1. The quantitative estimate of drug-likeness (QED) is 0.455. The highest BCUT2D eigenvalue weighted by molar-refractivity contribution is 6.37. The predicted molar refractivity (Wildman–Crippen MR) is 120 cm³/mol. The Bertz CT molecular complexity index is 1040. The molecule has 0 heterocycles. The van der Waals surface area contributed by atoms with Crippen LogP contribution in [0.25, 0.3) is 0 Å². The first-order valence-electron chi connectivity index (χ1n) is 8.96. The Balaban J connectivity index is 1.59. The van der Waals surface area contributed by atoms with Crippen molar-refractivity contribution in [2.45, 2.75) is 6.42 Å². The standard InChI is InChI=1S/C22H17Cl3N2O3/c23-17-9-5-4-8-16(17)21(28)27-22(29)26-15-12-18(24)20(19(25)13-15)30-11-10-14-6-2-1-3-7-14/h1-9,12-13H,10-11H2,(H2,26,27,28,29). The van der Waals surface area contributed by atoms with Crippen molar-refractivity contribution in [2.75, 3.05) is 11.9 Å². The van der Waals surface area contributed by atoms with Crippen LogP contribution < -0.4 is 15.4 Å². The molecule has 0 spiro atoms. The van der Waals surface area contributed by atoms with Gasteiger partial charge in [0, 0.05) is 12.1 Å². The van der Waals surface area contributed by atoms with Crippen LogP contribution in [0.3, 0.4) is 0 Å². The summed E-state index contributed by atoms with van der Waals surface area (Å²) in [4.78, 5) is 24.3. The second kappa shape index (κ2) is 10.3. The number of hydrogen-bond donors (Lipinski definition) is 2. The van der Waals surface area contributed by atoms with Crippen LogP contribution in [0, 0.1) is 0 Å². The van der Waals surface area contributed by atoms with Gasteiger partial charge in [-0.25, -0.2) is 4.79 Å². The van der Waals surface area contributed by atoms with Gasteiger partial charge in [-0.05, 0) is 29.8 Å². The van der Waals surface area contributed by atoms with Crippen molar-refractivity contribution in [1.82, 2.24) is 5.32 Å². The molecule has 30 heavy (non-hydrogen) atoms. The van der Waals surface area contributed by atoms with Crippen LogP contribution in [0.15, 0.2) is 66.7 Å². The fourth-order valence-electron chi connectivity index (χ4n) is 2.66. The van der Waals surface area contributed by atoms with E-state index in [1.54, 1.807) is 18.2 Å². The van der Waals surface area contributed by atoms with Crippen molar-refractivity contribution >= 4 is 52.4 Å². The normalized spacial score (nSPS) is 10.4. The van der Waals surface area contributed by atoms with Crippen LogP contribution in [0.2, 0.25) is 15.1 Å². The maximum Gasteiger partial charge on any atom is 0.326 e. The van der Waals surface area contributed by atoms with Crippen LogP contribution in [-0.4, -0.2) is 18.5 Å². The number of hydrogen-bond acceptors (Lipinski definition) is 3. The van der Waals surface area contributed by atoms with E-state index in [1.165, 1.54) is 18.2 Å². The molecule has 8 heteroatoms. The zero-order valence-electron chi connectivity index (χ0n) is 15.6. The maximum atomic E-state index is 12.2. The molecule has 0 aliphatic carbocycles. The Morgan fingerprint density at radius 1 is 0.833 bits per heavy atom. The third-order valence-electron chi connectivity index (χ3n) is 4.08. The number of carbonyl (C=O) groups excluding carboxylic acids is 2. The highest BCUT2D eigenvalue weighted by atomic mass is 35.5. The van der Waals surface area contributed by atoms with Gasteiger partial charge >= 0.3 is 6.03 Å². The lowest BCUT2D eigenvalue weighted by Gasteiger charge is -2.13. The number of halogens is 3. The Morgan fingerprint density at radius 3 is 2.13 bits per heavy atom. The summed E-state index contributed by atoms with van der Waals surface area (Å²) in [5, 5.41) is 5.44. The molecule has 0 bridgehead atoms. The molecule has 0 fully saturated rings. The molecule has 154 valence electrons. The molecule has 5 nitrogen and oxygen atoms in total. The molecule has 0 unspecified atom stereocenters. The molecule has 3 aromatic carbocycles. The van der Waals surface area contributed by atoms with Gasteiger partial charge in [0.05, 0.1) is 27.2 Å². The highest BCUT2D eigenvalue weighted by Crippen LogP contribution is 2.36. The van der Waals surface area contributed by atoms with Gasteiger partial charge in [-0.1, -0.05) is 77.3 Å². The fourth-order valence-corrected chi connectivity index (χ4v) is 3.48. The SMILES string of the molecule is O=C(NC(=O)c1ccccc1Cl)Nc1cc(Cl)c(OCCc2ccccc2)c(Cl)c1. The van der Waals surface area contributed by atoms with E-state index in [0.29, 0.717) is 24.5 Å². The van der Waals surface area contributed by atoms with E-state index < -0.39 is 11.9 Å². The van der Waals surface area contributed by atoms with Crippen LogP contribution in [0.1, 0.15) is 15.9 Å². The number of benzene rings is 3. The summed E-state index contributed by atoms with van der Waals surface area (Å²) in [6.45, 7) is 0.392. The lowest BCUT2D eigenvalue weighted by atomic mass is 10.2. The molecule has 0 radical (unpaired) electrons. The third-order valence-corrected chi connectivity index (χ3v) is 4.97. The van der Waals surface area contributed by atoms with E-state index in [-0.39, 0.29) is 20.6 Å². The molecule has 3 aromatic rings. The minimum absolute atomic E-state index is 0.188. The number of anilines is 1. The molecule has 0 aliphatic rings. The molecule has 3 amide bonds. The van der Waals surface area contributed by atoms with Gasteiger partial charge in [-0.3, -0.25) is 10.1 Å². The van der Waals surface area contributed by atoms with Gasteiger partial charge in [0.15, 0.2) is 5.75 Å². The van der Waals surface area contributed by atoms with Crippen LogP contribution in [-0.2, 0) is 6.42 Å². The number of nitrogens with one attached hydrogen (secondary N) is 2. The van der Waals surface area contributed by atoms with E-state index in [0.717, 1.165) is 5.56 Å². The first kappa shape index (κ1) is 22.0. The first-order chi connectivity index (χ1) is 14.4. The second-order valence-electron chi connectivity index (χ2n) is 6.24. The number of imide groups is 1. The summed E-state index contributed by atoms with van der Waals surface area (Å²) >= 11 is 18.5. The van der Waals surface area contributed by atoms with Crippen molar-refractivity contribution in [2.24, 2.45) is 0 Å². The summed E-state index contributed by atoms with van der Waals surface area (Å²) in [6.07, 6.45) is 0.695. The molecule has 0 aromatic heterocycles. The van der Waals surface area contributed by atoms with Crippen molar-refractivity contribution in [3.8, 4) is 5.75 Å². The van der Waals surface area contributed by atoms with Gasteiger partial charge in [-0.2, -0.15) is 0 Å². The zero-order valence-corrected chi connectivity index (χ0v) is 17.9. The molecule has 3 rings (SSSR count). The third kappa shape index (κ3) is 5.89. The number of carbonyl (C=O) groups is 2. The average molecular weight is 464 g/mol. The Labute approximate surface area is 188 Å². The molecular weight excluding hydrogens is 447 g/mol. The summed E-state index contributed by atoms with van der Waals surface area (Å²) in [5.41, 5.74) is 1.63. The fraction of sp³-hybridized carbons (Fsp3) is 0.0909. The summed E-state index contributed by atoms with van der Waals surface area (Å²) in [6, 6.07) is 18.5. The van der Waals surface area contributed by atoms with Crippen molar-refractivity contribution < 1.29 is 14.3 Å². The Morgan fingerprint density at radius 2 is 1.47 bits per heavy atom. The van der Waals surface area contributed by atoms with E-state index in [4.69, 9.17) is 39.5 Å². The van der Waals surface area contributed by atoms with Gasteiger partial charge < -0.3 is 10.1 Å². The van der Waals surface area contributed by atoms with Crippen molar-refractivity contribution in [3.63, 3.8) is 0 Å². The van der Waals surface area contributed by atoms with Crippen LogP contribution >= 0.6 is 34.8 Å². The molecule has 2 N–H and O–H groups in total. The summed E-state index contributed by atoms with van der Waals surface area (Å²) in [5.74, 6) is -0.302. The molecule has 0 saturated carbocycles. The van der Waals surface area contributed by atoms with Crippen LogP contribution in [0.5, 0.6) is 5.75 Å². The van der Waals surface area contributed by atoms with Crippen molar-refractivity contribution in [3.05, 3.63) is 92.9 Å². The van der Waals surface area contributed by atoms with Gasteiger partial charge in [0.2, 0.25) is 0 Å². The predicted octanol–water partition coefficient (Wildman–Crippen LogP) is 6.23. The summed E-state index contributed by atoms with van der Waals surface area (Å²) < 4.78 is 5.71. The monoisotopic (exact) mass is 462 g/mol. The maximum absolute atomic E-state index is 12.2. The smallest absolute Gasteiger partial charge is 0.326 e. The second-order valence-corrected chi connectivity index (χ2v) is 7.46. The van der Waals surface area contributed by atoms with Gasteiger partial charge in [0.1, 0.15) is 0 Å². The van der Waals surface area contributed by atoms with E-state index in [2.05, 4.69) is 10.6 Å².